The summed E-state index contributed by atoms with van der Waals surface area (Å²) in [5.74, 6) is 0. The highest BCUT2D eigenvalue weighted by Gasteiger charge is 2.22. The predicted octanol–water partition coefficient (Wildman–Crippen LogP) is 3.37. The van der Waals surface area contributed by atoms with E-state index in [1.165, 1.54) is 11.3 Å². The molecule has 2 aromatic rings. The number of hydrogen-bond donors (Lipinski definition) is 2. The second kappa shape index (κ2) is 8.14. The molecule has 3 heteroatoms. The number of hydrogen-bond acceptors (Lipinski definition) is 3. The van der Waals surface area contributed by atoms with Gasteiger partial charge in [0.1, 0.15) is 0 Å². The number of benzene rings is 2. The lowest BCUT2D eigenvalue weighted by Gasteiger charge is -2.36. The monoisotopic (exact) mass is 310 g/mol. The van der Waals surface area contributed by atoms with Crippen molar-refractivity contribution in [3.63, 3.8) is 0 Å². The minimum atomic E-state index is 0.218. The molecule has 2 N–H and O–H groups in total. The van der Waals surface area contributed by atoms with E-state index in [-0.39, 0.29) is 12.6 Å². The largest absolute Gasteiger partial charge is 0.396 e. The fourth-order valence-corrected chi connectivity index (χ4v) is 3.39. The summed E-state index contributed by atoms with van der Waals surface area (Å²) in [6.45, 7) is 2.39. The number of rotatable bonds is 6. The molecule has 0 spiro atoms. The smallest absolute Gasteiger partial charge is 0.0449 e. The Morgan fingerprint density at radius 2 is 1.57 bits per heavy atom. The molecule has 1 fully saturated rings. The van der Waals surface area contributed by atoms with Crippen molar-refractivity contribution in [2.75, 3.05) is 24.6 Å². The Labute approximate surface area is 139 Å². The summed E-state index contributed by atoms with van der Waals surface area (Å²) >= 11 is 0. The van der Waals surface area contributed by atoms with Crippen LogP contribution < -0.4 is 10.2 Å². The molecule has 1 aliphatic heterocycles. The summed E-state index contributed by atoms with van der Waals surface area (Å²) in [6, 6.07) is 21.9. The van der Waals surface area contributed by atoms with E-state index >= 15 is 0 Å². The van der Waals surface area contributed by atoms with Crippen LogP contribution in [0.25, 0.3) is 0 Å². The van der Waals surface area contributed by atoms with Gasteiger partial charge in [-0.1, -0.05) is 48.5 Å². The van der Waals surface area contributed by atoms with Crippen molar-refractivity contribution in [2.24, 2.45) is 0 Å². The second-order valence-corrected chi connectivity index (χ2v) is 6.24. The van der Waals surface area contributed by atoms with Crippen molar-refractivity contribution in [1.29, 1.82) is 0 Å². The minimum Gasteiger partial charge on any atom is -0.396 e. The van der Waals surface area contributed by atoms with E-state index in [1.807, 2.05) is 6.07 Å². The number of aliphatic hydroxyl groups excluding tert-OH is 1. The molecule has 3 rings (SSSR count). The molecular formula is C20H26N2O. The molecule has 0 bridgehead atoms. The van der Waals surface area contributed by atoms with Gasteiger partial charge in [0.25, 0.3) is 0 Å². The fraction of sp³-hybridized carbons (Fsp3) is 0.400. The Kier molecular flexibility index (Phi) is 5.67. The van der Waals surface area contributed by atoms with Crippen LogP contribution in [0, 0.1) is 0 Å². The third kappa shape index (κ3) is 4.34. The van der Waals surface area contributed by atoms with Gasteiger partial charge in [-0.15, -0.1) is 0 Å². The van der Waals surface area contributed by atoms with E-state index in [9.17, 15) is 5.11 Å². The summed E-state index contributed by atoms with van der Waals surface area (Å²) in [4.78, 5) is 2.46. The lowest BCUT2D eigenvalue weighted by atomic mass is 9.99. The first-order chi connectivity index (χ1) is 11.4. The summed E-state index contributed by atoms with van der Waals surface area (Å²) < 4.78 is 0. The van der Waals surface area contributed by atoms with Gasteiger partial charge in [-0.05, 0) is 37.0 Å². The van der Waals surface area contributed by atoms with Crippen LogP contribution in [-0.2, 0) is 0 Å². The SMILES string of the molecule is OCC[C@@H](NC1CCN(c2ccccc2)CC1)c1ccccc1. The van der Waals surface area contributed by atoms with Crippen LogP contribution in [0.1, 0.15) is 30.9 Å². The fourth-order valence-electron chi connectivity index (χ4n) is 3.39. The van der Waals surface area contributed by atoms with E-state index in [1.54, 1.807) is 0 Å². The van der Waals surface area contributed by atoms with Gasteiger partial charge in [0.2, 0.25) is 0 Å². The first-order valence-corrected chi connectivity index (χ1v) is 8.58. The molecule has 0 aliphatic carbocycles. The maximum absolute atomic E-state index is 9.37. The highest BCUT2D eigenvalue weighted by atomic mass is 16.3. The Balaban J connectivity index is 1.56. The van der Waals surface area contributed by atoms with Crippen LogP contribution in [0.15, 0.2) is 60.7 Å². The van der Waals surface area contributed by atoms with Crippen LogP contribution in [0.2, 0.25) is 0 Å². The third-order valence-corrected chi connectivity index (χ3v) is 4.67. The van der Waals surface area contributed by atoms with Crippen LogP contribution >= 0.6 is 0 Å². The molecule has 0 aromatic heterocycles. The van der Waals surface area contributed by atoms with E-state index in [2.05, 4.69) is 64.8 Å². The van der Waals surface area contributed by atoms with Gasteiger partial charge >= 0.3 is 0 Å². The van der Waals surface area contributed by atoms with Gasteiger partial charge in [-0.3, -0.25) is 0 Å². The molecular weight excluding hydrogens is 284 g/mol. The van der Waals surface area contributed by atoms with E-state index < -0.39 is 0 Å². The number of anilines is 1. The van der Waals surface area contributed by atoms with Gasteiger partial charge < -0.3 is 15.3 Å². The van der Waals surface area contributed by atoms with Crippen molar-refractivity contribution < 1.29 is 5.11 Å². The first kappa shape index (κ1) is 16.0. The number of aliphatic hydroxyl groups is 1. The molecule has 23 heavy (non-hydrogen) atoms. The van der Waals surface area contributed by atoms with Crippen LogP contribution in [-0.4, -0.2) is 30.8 Å². The second-order valence-electron chi connectivity index (χ2n) is 6.24. The summed E-state index contributed by atoms with van der Waals surface area (Å²) in [5, 5.41) is 13.1. The van der Waals surface area contributed by atoms with E-state index in [0.29, 0.717) is 6.04 Å². The molecule has 1 heterocycles. The molecule has 1 aliphatic rings. The maximum Gasteiger partial charge on any atom is 0.0449 e. The van der Waals surface area contributed by atoms with E-state index in [0.717, 1.165) is 32.4 Å². The molecule has 122 valence electrons. The molecule has 1 atom stereocenters. The quantitative estimate of drug-likeness (QED) is 0.859. The van der Waals surface area contributed by atoms with Crippen molar-refractivity contribution in [3.8, 4) is 0 Å². The van der Waals surface area contributed by atoms with Crippen molar-refractivity contribution in [3.05, 3.63) is 66.2 Å². The lowest BCUT2D eigenvalue weighted by Crippen LogP contribution is -2.44. The van der Waals surface area contributed by atoms with Crippen molar-refractivity contribution >= 4 is 5.69 Å². The maximum atomic E-state index is 9.37. The average molecular weight is 310 g/mol. The van der Waals surface area contributed by atoms with Crippen LogP contribution in [0.4, 0.5) is 5.69 Å². The standard InChI is InChI=1S/C20H26N2O/c23-16-13-20(17-7-3-1-4-8-17)21-18-11-14-22(15-12-18)19-9-5-2-6-10-19/h1-10,18,20-21,23H,11-16H2/t20-/m1/s1. The van der Waals surface area contributed by atoms with Crippen molar-refractivity contribution in [1.82, 2.24) is 5.32 Å². The zero-order valence-corrected chi connectivity index (χ0v) is 13.6. The van der Waals surface area contributed by atoms with Gasteiger partial charge in [-0.25, -0.2) is 0 Å². The number of para-hydroxylation sites is 1. The average Bonchev–Trinajstić information content (AvgIpc) is 2.63. The highest BCUT2D eigenvalue weighted by Crippen LogP contribution is 2.23. The highest BCUT2D eigenvalue weighted by molar-refractivity contribution is 5.46. The van der Waals surface area contributed by atoms with Crippen molar-refractivity contribution in [2.45, 2.75) is 31.3 Å². The Hall–Kier alpha value is -1.84. The first-order valence-electron chi connectivity index (χ1n) is 8.58. The number of nitrogens with zero attached hydrogens (tertiary/aromatic N) is 1. The minimum absolute atomic E-state index is 0.218. The zero-order chi connectivity index (χ0) is 15.9. The van der Waals surface area contributed by atoms with E-state index in [4.69, 9.17) is 0 Å². The Morgan fingerprint density at radius 3 is 2.17 bits per heavy atom. The molecule has 2 aromatic carbocycles. The summed E-state index contributed by atoms with van der Waals surface area (Å²) in [5.41, 5.74) is 2.59. The lowest BCUT2D eigenvalue weighted by molar-refractivity contribution is 0.253. The summed E-state index contributed by atoms with van der Waals surface area (Å²) in [6.07, 6.45) is 3.05. The molecule has 1 saturated heterocycles. The van der Waals surface area contributed by atoms with Crippen LogP contribution in [0.5, 0.6) is 0 Å². The molecule has 0 unspecified atom stereocenters. The Bertz CT molecular complexity index is 565. The topological polar surface area (TPSA) is 35.5 Å². The number of piperidine rings is 1. The summed E-state index contributed by atoms with van der Waals surface area (Å²) in [7, 11) is 0. The third-order valence-electron chi connectivity index (χ3n) is 4.67. The number of nitrogens with one attached hydrogen (secondary N) is 1. The molecule has 0 radical (unpaired) electrons. The van der Waals surface area contributed by atoms with Gasteiger partial charge in [0, 0.05) is 37.5 Å². The molecule has 3 nitrogen and oxygen atoms in total. The van der Waals surface area contributed by atoms with Gasteiger partial charge in [0.15, 0.2) is 0 Å². The van der Waals surface area contributed by atoms with Gasteiger partial charge in [-0.2, -0.15) is 0 Å². The molecule has 0 amide bonds. The molecule has 0 saturated carbocycles. The van der Waals surface area contributed by atoms with Gasteiger partial charge in [0.05, 0.1) is 0 Å². The normalized spacial score (nSPS) is 17.2. The Morgan fingerprint density at radius 1 is 0.957 bits per heavy atom. The van der Waals surface area contributed by atoms with Crippen LogP contribution in [0.3, 0.4) is 0 Å². The zero-order valence-electron chi connectivity index (χ0n) is 13.6. The predicted molar refractivity (Wildman–Crippen MR) is 95.7 cm³/mol.